The molecule has 0 amide bonds. The third-order valence-electron chi connectivity index (χ3n) is 2.26. The van der Waals surface area contributed by atoms with E-state index in [-0.39, 0.29) is 22.8 Å². The molecule has 7 heteroatoms. The molecule has 0 radical (unpaired) electrons. The van der Waals surface area contributed by atoms with Crippen molar-refractivity contribution in [2.24, 2.45) is 0 Å². The van der Waals surface area contributed by atoms with Gasteiger partial charge < -0.3 is 5.32 Å². The van der Waals surface area contributed by atoms with Crippen molar-refractivity contribution < 1.29 is 4.92 Å². The van der Waals surface area contributed by atoms with Crippen molar-refractivity contribution in [1.82, 2.24) is 9.97 Å². The van der Waals surface area contributed by atoms with Crippen LogP contribution in [0.1, 0.15) is 26.7 Å². The van der Waals surface area contributed by atoms with Crippen molar-refractivity contribution in [2.75, 3.05) is 5.32 Å². The van der Waals surface area contributed by atoms with E-state index in [1.54, 1.807) is 0 Å². The molecule has 0 saturated heterocycles. The van der Waals surface area contributed by atoms with Gasteiger partial charge in [-0.05, 0) is 24.4 Å². The lowest BCUT2D eigenvalue weighted by atomic mass is 10.2. The Bertz CT molecular complexity index is 382. The zero-order valence-electron chi connectivity index (χ0n) is 9.11. The third kappa shape index (κ3) is 3.03. The van der Waals surface area contributed by atoms with Crippen LogP contribution in [0.15, 0.2) is 6.20 Å². The van der Waals surface area contributed by atoms with Gasteiger partial charge in [-0.25, -0.2) is 4.98 Å². The molecule has 0 unspecified atom stereocenters. The normalized spacial score (nSPS) is 10.5. The fraction of sp³-hybridized carbons (Fsp3) is 0.556. The highest BCUT2D eigenvalue weighted by molar-refractivity contribution is 6.28. The van der Waals surface area contributed by atoms with Gasteiger partial charge in [0.2, 0.25) is 11.1 Å². The summed E-state index contributed by atoms with van der Waals surface area (Å²) >= 11 is 5.61. The number of anilines is 1. The van der Waals surface area contributed by atoms with Gasteiger partial charge in [-0.1, -0.05) is 13.8 Å². The molecular weight excluding hydrogens is 232 g/mol. The molecule has 0 atom stereocenters. The van der Waals surface area contributed by atoms with Crippen molar-refractivity contribution in [2.45, 2.75) is 32.7 Å². The van der Waals surface area contributed by atoms with Crippen LogP contribution in [0.4, 0.5) is 11.5 Å². The van der Waals surface area contributed by atoms with E-state index in [9.17, 15) is 10.1 Å². The average Bonchev–Trinajstić information content (AvgIpc) is 2.25. The van der Waals surface area contributed by atoms with Crippen LogP contribution in [-0.2, 0) is 0 Å². The van der Waals surface area contributed by atoms with Gasteiger partial charge in [0.1, 0.15) is 6.20 Å². The number of hydrogen-bond donors (Lipinski definition) is 1. The van der Waals surface area contributed by atoms with Gasteiger partial charge in [0.05, 0.1) is 4.92 Å². The van der Waals surface area contributed by atoms with Gasteiger partial charge in [0.25, 0.3) is 0 Å². The van der Waals surface area contributed by atoms with E-state index in [0.29, 0.717) is 0 Å². The number of aromatic nitrogens is 2. The number of rotatable bonds is 5. The lowest BCUT2D eigenvalue weighted by Gasteiger charge is -2.14. The zero-order chi connectivity index (χ0) is 12.1. The minimum absolute atomic E-state index is 0.000874. The van der Waals surface area contributed by atoms with Crippen LogP contribution >= 0.6 is 11.6 Å². The van der Waals surface area contributed by atoms with E-state index in [2.05, 4.69) is 15.3 Å². The molecule has 0 fully saturated rings. The average molecular weight is 245 g/mol. The van der Waals surface area contributed by atoms with E-state index in [0.717, 1.165) is 19.0 Å². The summed E-state index contributed by atoms with van der Waals surface area (Å²) in [5.74, 6) is 0.179. The van der Waals surface area contributed by atoms with Crippen LogP contribution < -0.4 is 5.32 Å². The second kappa shape index (κ2) is 5.60. The smallest absolute Gasteiger partial charge is 0.329 e. The summed E-state index contributed by atoms with van der Waals surface area (Å²) in [5.41, 5.74) is -0.156. The Morgan fingerprint density at radius 3 is 2.69 bits per heavy atom. The monoisotopic (exact) mass is 244 g/mol. The van der Waals surface area contributed by atoms with Crippen LogP contribution in [0.5, 0.6) is 0 Å². The topological polar surface area (TPSA) is 81.0 Å². The van der Waals surface area contributed by atoms with E-state index < -0.39 is 4.92 Å². The van der Waals surface area contributed by atoms with Crippen LogP contribution in [0.25, 0.3) is 0 Å². The minimum atomic E-state index is -0.527. The van der Waals surface area contributed by atoms with Crippen molar-refractivity contribution >= 4 is 23.1 Å². The summed E-state index contributed by atoms with van der Waals surface area (Å²) in [5, 5.41) is 13.7. The van der Waals surface area contributed by atoms with Gasteiger partial charge in [-0.15, -0.1) is 0 Å². The molecule has 1 heterocycles. The Morgan fingerprint density at radius 1 is 1.56 bits per heavy atom. The second-order valence-electron chi connectivity index (χ2n) is 3.29. The van der Waals surface area contributed by atoms with Gasteiger partial charge in [0, 0.05) is 6.04 Å². The SMILES string of the molecule is CCC(CC)Nc1nc(Cl)ncc1[N+](=O)[O-]. The summed E-state index contributed by atoms with van der Waals surface area (Å²) in [7, 11) is 0. The maximum Gasteiger partial charge on any atom is 0.329 e. The Balaban J connectivity index is 3.00. The first kappa shape index (κ1) is 12.6. The maximum absolute atomic E-state index is 10.7. The molecule has 0 saturated carbocycles. The molecule has 0 aromatic carbocycles. The predicted molar refractivity (Wildman–Crippen MR) is 61.7 cm³/mol. The van der Waals surface area contributed by atoms with Gasteiger partial charge >= 0.3 is 5.69 Å². The summed E-state index contributed by atoms with van der Waals surface area (Å²) in [6, 6.07) is 0.143. The molecular formula is C9H13ClN4O2. The number of halogens is 1. The van der Waals surface area contributed by atoms with Crippen LogP contribution in [0.3, 0.4) is 0 Å². The predicted octanol–water partition coefficient (Wildman–Crippen LogP) is 2.64. The highest BCUT2D eigenvalue weighted by Gasteiger charge is 2.18. The van der Waals surface area contributed by atoms with Crippen LogP contribution in [0, 0.1) is 10.1 Å². The highest BCUT2D eigenvalue weighted by atomic mass is 35.5. The quantitative estimate of drug-likeness (QED) is 0.489. The van der Waals surface area contributed by atoms with E-state index in [4.69, 9.17) is 11.6 Å². The molecule has 1 N–H and O–H groups in total. The van der Waals surface area contributed by atoms with Gasteiger partial charge in [-0.2, -0.15) is 4.98 Å². The Kier molecular flexibility index (Phi) is 4.42. The summed E-state index contributed by atoms with van der Waals surface area (Å²) in [6.45, 7) is 3.99. The fourth-order valence-electron chi connectivity index (χ4n) is 1.28. The minimum Gasteiger partial charge on any atom is -0.361 e. The molecule has 1 rings (SSSR count). The Labute approximate surface area is 98.2 Å². The van der Waals surface area contributed by atoms with Crippen molar-refractivity contribution in [1.29, 1.82) is 0 Å². The van der Waals surface area contributed by atoms with Crippen LogP contribution in [0.2, 0.25) is 5.28 Å². The number of hydrogen-bond acceptors (Lipinski definition) is 5. The largest absolute Gasteiger partial charge is 0.361 e. The first-order valence-corrected chi connectivity index (χ1v) is 5.39. The van der Waals surface area contributed by atoms with Crippen molar-refractivity contribution in [3.63, 3.8) is 0 Å². The zero-order valence-corrected chi connectivity index (χ0v) is 9.86. The Hall–Kier alpha value is -1.43. The van der Waals surface area contributed by atoms with E-state index >= 15 is 0 Å². The molecule has 1 aromatic rings. The lowest BCUT2D eigenvalue weighted by molar-refractivity contribution is -0.384. The van der Waals surface area contributed by atoms with Crippen molar-refractivity contribution in [3.8, 4) is 0 Å². The molecule has 0 spiro atoms. The van der Waals surface area contributed by atoms with Crippen LogP contribution in [-0.4, -0.2) is 20.9 Å². The summed E-state index contributed by atoms with van der Waals surface area (Å²) < 4.78 is 0. The highest BCUT2D eigenvalue weighted by Crippen LogP contribution is 2.23. The van der Waals surface area contributed by atoms with Gasteiger partial charge in [0.15, 0.2) is 0 Å². The fourth-order valence-corrected chi connectivity index (χ4v) is 1.41. The first-order valence-electron chi connectivity index (χ1n) is 5.01. The molecule has 0 aliphatic heterocycles. The summed E-state index contributed by atoms with van der Waals surface area (Å²) in [4.78, 5) is 17.6. The molecule has 16 heavy (non-hydrogen) atoms. The Morgan fingerprint density at radius 2 is 2.19 bits per heavy atom. The molecule has 6 nitrogen and oxygen atoms in total. The first-order chi connectivity index (χ1) is 7.58. The standard InChI is InChI=1S/C9H13ClN4O2/c1-3-6(4-2)12-8-7(14(15)16)5-11-9(10)13-8/h5-6H,3-4H2,1-2H3,(H,11,12,13). The molecule has 0 aliphatic rings. The number of nitro groups is 1. The summed E-state index contributed by atoms with van der Waals surface area (Å²) in [6.07, 6.45) is 2.82. The van der Waals surface area contributed by atoms with Crippen molar-refractivity contribution in [3.05, 3.63) is 21.6 Å². The van der Waals surface area contributed by atoms with E-state index in [1.165, 1.54) is 0 Å². The molecule has 1 aromatic heterocycles. The van der Waals surface area contributed by atoms with E-state index in [1.807, 2.05) is 13.8 Å². The third-order valence-corrected chi connectivity index (χ3v) is 2.45. The number of nitrogens with one attached hydrogen (secondary N) is 1. The van der Waals surface area contributed by atoms with Gasteiger partial charge in [-0.3, -0.25) is 10.1 Å². The maximum atomic E-state index is 10.7. The molecule has 0 bridgehead atoms. The lowest BCUT2D eigenvalue weighted by Crippen LogP contribution is -2.19. The molecule has 0 aliphatic carbocycles. The second-order valence-corrected chi connectivity index (χ2v) is 3.63. The number of nitrogens with zero attached hydrogens (tertiary/aromatic N) is 3. The molecule has 88 valence electrons.